The number of nitrogens with zero attached hydrogens (tertiary/aromatic N) is 2. The number of carbonyl (C=O) groups excluding carboxylic acids is 2. The summed E-state index contributed by atoms with van der Waals surface area (Å²) in [6.07, 6.45) is -0.884. The van der Waals surface area contributed by atoms with Gasteiger partial charge in [-0.2, -0.15) is 5.10 Å². The van der Waals surface area contributed by atoms with Crippen molar-refractivity contribution in [2.45, 2.75) is 46.3 Å². The van der Waals surface area contributed by atoms with Crippen LogP contribution in [-0.4, -0.2) is 33.3 Å². The third-order valence-corrected chi connectivity index (χ3v) is 5.31. The van der Waals surface area contributed by atoms with E-state index in [9.17, 15) is 9.59 Å². The summed E-state index contributed by atoms with van der Waals surface area (Å²) in [5, 5.41) is 8.87. The molecule has 0 aliphatic carbocycles. The van der Waals surface area contributed by atoms with Crippen molar-refractivity contribution in [2.24, 2.45) is 0 Å². The second-order valence-electron chi connectivity index (χ2n) is 7.59. The largest absolute Gasteiger partial charge is 0.448 e. The molecule has 2 heterocycles. The molecular formula is C20H22ClN3O3S. The van der Waals surface area contributed by atoms with Gasteiger partial charge in [-0.1, -0.05) is 11.6 Å². The third-order valence-electron chi connectivity index (χ3n) is 3.97. The number of thiophene rings is 1. The predicted octanol–water partition coefficient (Wildman–Crippen LogP) is 4.51. The summed E-state index contributed by atoms with van der Waals surface area (Å²) in [5.41, 5.74) is 1.26. The van der Waals surface area contributed by atoms with Crippen molar-refractivity contribution in [3.8, 4) is 5.69 Å². The van der Waals surface area contributed by atoms with Crippen LogP contribution in [0.2, 0.25) is 5.02 Å². The molecule has 0 fully saturated rings. The summed E-state index contributed by atoms with van der Waals surface area (Å²) in [5.74, 6) is -0.856. The minimum absolute atomic E-state index is 0.328. The molecule has 0 aliphatic rings. The molecule has 0 saturated carbocycles. The average Bonchev–Trinajstić information content (AvgIpc) is 3.15. The van der Waals surface area contributed by atoms with Gasteiger partial charge in [-0.3, -0.25) is 4.79 Å². The van der Waals surface area contributed by atoms with Gasteiger partial charge in [-0.25, -0.2) is 9.48 Å². The first-order chi connectivity index (χ1) is 13.0. The molecule has 0 aliphatic heterocycles. The lowest BCUT2D eigenvalue weighted by Crippen LogP contribution is -2.46. The number of carbonyl (C=O) groups is 2. The smallest absolute Gasteiger partial charge is 0.349 e. The number of hydrogen-bond acceptors (Lipinski definition) is 5. The fourth-order valence-electron chi connectivity index (χ4n) is 2.65. The van der Waals surface area contributed by atoms with E-state index in [1.165, 1.54) is 11.3 Å². The summed E-state index contributed by atoms with van der Waals surface area (Å²) in [6.45, 7) is 9.06. The molecule has 6 nitrogen and oxygen atoms in total. The summed E-state index contributed by atoms with van der Waals surface area (Å²) in [4.78, 5) is 26.0. The van der Waals surface area contributed by atoms with Gasteiger partial charge >= 0.3 is 5.97 Å². The van der Waals surface area contributed by atoms with Gasteiger partial charge < -0.3 is 10.1 Å². The molecule has 3 rings (SSSR count). The highest BCUT2D eigenvalue weighted by Crippen LogP contribution is 2.31. The number of nitrogens with one attached hydrogen (secondary N) is 1. The van der Waals surface area contributed by atoms with Gasteiger partial charge in [-0.15, -0.1) is 11.3 Å². The minimum Gasteiger partial charge on any atom is -0.448 e. The number of hydrogen-bond donors (Lipinski definition) is 1. The highest BCUT2D eigenvalue weighted by molar-refractivity contribution is 7.20. The van der Waals surface area contributed by atoms with Crippen molar-refractivity contribution in [3.63, 3.8) is 0 Å². The Morgan fingerprint density at radius 1 is 1.25 bits per heavy atom. The number of aryl methyl sites for hydroxylation is 1. The van der Waals surface area contributed by atoms with Gasteiger partial charge in [0.25, 0.3) is 5.91 Å². The van der Waals surface area contributed by atoms with Gasteiger partial charge in [0.05, 0.1) is 11.4 Å². The normalized spacial score (nSPS) is 12.8. The monoisotopic (exact) mass is 419 g/mol. The van der Waals surface area contributed by atoms with E-state index < -0.39 is 17.6 Å². The molecule has 0 spiro atoms. The van der Waals surface area contributed by atoms with E-state index in [4.69, 9.17) is 16.3 Å². The van der Waals surface area contributed by atoms with Crippen LogP contribution in [0.25, 0.3) is 15.9 Å². The van der Waals surface area contributed by atoms with E-state index in [1.807, 2.05) is 39.8 Å². The van der Waals surface area contributed by atoms with Crippen LogP contribution in [0.5, 0.6) is 0 Å². The van der Waals surface area contributed by atoms with E-state index >= 15 is 0 Å². The molecule has 1 amide bonds. The zero-order chi connectivity index (χ0) is 20.6. The molecular weight excluding hydrogens is 398 g/mol. The minimum atomic E-state index is -0.884. The van der Waals surface area contributed by atoms with Crippen LogP contribution >= 0.6 is 22.9 Å². The lowest BCUT2D eigenvalue weighted by molar-refractivity contribution is -0.130. The Kier molecular flexibility index (Phi) is 5.50. The summed E-state index contributed by atoms with van der Waals surface area (Å²) in [7, 11) is 0. The van der Waals surface area contributed by atoms with Crippen molar-refractivity contribution >= 4 is 45.0 Å². The number of aromatic nitrogens is 2. The molecule has 0 radical (unpaired) electrons. The first-order valence-electron chi connectivity index (χ1n) is 8.83. The summed E-state index contributed by atoms with van der Waals surface area (Å²) >= 11 is 7.24. The zero-order valence-corrected chi connectivity index (χ0v) is 17.9. The Bertz CT molecular complexity index is 1030. The number of esters is 1. The van der Waals surface area contributed by atoms with Crippen molar-refractivity contribution < 1.29 is 14.3 Å². The molecule has 1 aromatic carbocycles. The van der Waals surface area contributed by atoms with Crippen LogP contribution in [-0.2, 0) is 9.53 Å². The maximum Gasteiger partial charge on any atom is 0.349 e. The standard InChI is InChI=1S/C20H22ClN3O3S/c1-11-15-10-16(19(26)27-12(2)17(25)22-20(3,4)5)28-18(15)24(23-11)14-8-6-13(21)7-9-14/h6-10,12H,1-5H3,(H,22,25). The van der Waals surface area contributed by atoms with E-state index in [1.54, 1.807) is 29.8 Å². The Labute approximate surface area is 172 Å². The first-order valence-corrected chi connectivity index (χ1v) is 10.0. The van der Waals surface area contributed by atoms with Crippen molar-refractivity contribution in [1.82, 2.24) is 15.1 Å². The summed E-state index contributed by atoms with van der Waals surface area (Å²) in [6, 6.07) is 9.07. The Balaban J connectivity index is 1.84. The fraction of sp³-hybridized carbons (Fsp3) is 0.350. The average molecular weight is 420 g/mol. The number of amides is 1. The van der Waals surface area contributed by atoms with Crippen LogP contribution in [0.3, 0.4) is 0 Å². The van der Waals surface area contributed by atoms with Gasteiger partial charge in [0, 0.05) is 15.9 Å². The van der Waals surface area contributed by atoms with Crippen LogP contribution in [0.4, 0.5) is 0 Å². The van der Waals surface area contributed by atoms with Gasteiger partial charge in [0.1, 0.15) is 9.71 Å². The molecule has 1 unspecified atom stereocenters. The first kappa shape index (κ1) is 20.4. The number of benzene rings is 1. The molecule has 28 heavy (non-hydrogen) atoms. The fourth-order valence-corrected chi connectivity index (χ4v) is 3.84. The van der Waals surface area contributed by atoms with E-state index in [0.717, 1.165) is 21.6 Å². The maximum absolute atomic E-state index is 12.6. The van der Waals surface area contributed by atoms with E-state index in [-0.39, 0.29) is 5.91 Å². The van der Waals surface area contributed by atoms with Gasteiger partial charge in [0.2, 0.25) is 0 Å². The molecule has 1 atom stereocenters. The molecule has 0 bridgehead atoms. The van der Waals surface area contributed by atoms with Crippen molar-refractivity contribution in [1.29, 1.82) is 0 Å². The number of fused-ring (bicyclic) bond motifs is 1. The Morgan fingerprint density at radius 2 is 1.89 bits per heavy atom. The number of halogens is 1. The Hall–Kier alpha value is -2.38. The summed E-state index contributed by atoms with van der Waals surface area (Å²) < 4.78 is 7.13. The third kappa shape index (κ3) is 4.36. The molecule has 1 N–H and O–H groups in total. The highest BCUT2D eigenvalue weighted by Gasteiger charge is 2.25. The quantitative estimate of drug-likeness (QED) is 0.631. The lowest BCUT2D eigenvalue weighted by Gasteiger charge is -2.23. The van der Waals surface area contributed by atoms with Gasteiger partial charge in [0.15, 0.2) is 6.10 Å². The van der Waals surface area contributed by atoms with Crippen LogP contribution in [0.1, 0.15) is 43.1 Å². The SMILES string of the molecule is Cc1nn(-c2ccc(Cl)cc2)c2sc(C(=O)OC(C)C(=O)NC(C)(C)C)cc12. The zero-order valence-electron chi connectivity index (χ0n) is 16.4. The number of ether oxygens (including phenoxy) is 1. The molecule has 8 heteroatoms. The highest BCUT2D eigenvalue weighted by atomic mass is 35.5. The molecule has 2 aromatic heterocycles. The van der Waals surface area contributed by atoms with E-state index in [0.29, 0.717) is 9.90 Å². The second-order valence-corrected chi connectivity index (χ2v) is 9.06. The van der Waals surface area contributed by atoms with Crippen LogP contribution in [0, 0.1) is 6.92 Å². The van der Waals surface area contributed by atoms with E-state index in [2.05, 4.69) is 10.4 Å². The van der Waals surface area contributed by atoms with Gasteiger partial charge in [-0.05, 0) is 65.0 Å². The molecule has 0 saturated heterocycles. The number of rotatable bonds is 4. The molecule has 3 aromatic rings. The van der Waals surface area contributed by atoms with Crippen LogP contribution < -0.4 is 5.32 Å². The maximum atomic E-state index is 12.6. The Morgan fingerprint density at radius 3 is 2.50 bits per heavy atom. The predicted molar refractivity (Wildman–Crippen MR) is 111 cm³/mol. The topological polar surface area (TPSA) is 73.2 Å². The van der Waals surface area contributed by atoms with Crippen molar-refractivity contribution in [2.75, 3.05) is 0 Å². The molecule has 148 valence electrons. The lowest BCUT2D eigenvalue weighted by atomic mass is 10.1. The van der Waals surface area contributed by atoms with Crippen LogP contribution in [0.15, 0.2) is 30.3 Å². The second kappa shape index (κ2) is 7.56. The van der Waals surface area contributed by atoms with Crippen molar-refractivity contribution in [3.05, 3.63) is 45.9 Å².